The van der Waals surface area contributed by atoms with E-state index >= 15 is 0 Å². The normalized spacial score (nSPS) is 14.4. The molecule has 0 radical (unpaired) electrons. The third-order valence-corrected chi connectivity index (χ3v) is 3.07. The van der Waals surface area contributed by atoms with Gasteiger partial charge in [0.05, 0.1) is 5.75 Å². The Bertz CT molecular complexity index is 284. The van der Waals surface area contributed by atoms with E-state index in [1.165, 1.54) is 6.26 Å². The zero-order chi connectivity index (χ0) is 11.4. The maximum Gasteiger partial charge on any atom is 0.148 e. The Hall–Kier alpha value is -0.420. The molecule has 0 aromatic carbocycles. The Morgan fingerprint density at radius 1 is 1.43 bits per heavy atom. The van der Waals surface area contributed by atoms with Gasteiger partial charge in [0.15, 0.2) is 0 Å². The summed E-state index contributed by atoms with van der Waals surface area (Å²) in [6.07, 6.45) is 1.69. The molecular formula is C9H19NO3S. The lowest BCUT2D eigenvalue weighted by Crippen LogP contribution is -2.34. The lowest BCUT2D eigenvalue weighted by Gasteiger charge is -2.23. The number of carbonyl (C=O) groups is 1. The highest BCUT2D eigenvalue weighted by molar-refractivity contribution is 7.90. The first-order valence-electron chi connectivity index (χ1n) is 4.60. The van der Waals surface area contributed by atoms with Gasteiger partial charge >= 0.3 is 0 Å². The smallest absolute Gasteiger partial charge is 0.148 e. The maximum atomic E-state index is 10.9. The molecule has 0 aliphatic heterocycles. The molecule has 1 unspecified atom stereocenters. The predicted octanol–water partition coefficient (Wildman–Crippen LogP) is 0.330. The molecule has 0 N–H and O–H groups in total. The SMILES string of the molecule is CC(=O)CC(C)N(C)CCS(C)(=O)=O. The fraction of sp³-hybridized carbons (Fsp3) is 0.889. The van der Waals surface area contributed by atoms with Crippen molar-refractivity contribution in [1.82, 2.24) is 4.90 Å². The van der Waals surface area contributed by atoms with Crippen molar-refractivity contribution in [3.63, 3.8) is 0 Å². The Morgan fingerprint density at radius 3 is 2.29 bits per heavy atom. The van der Waals surface area contributed by atoms with Gasteiger partial charge < -0.3 is 4.90 Å². The number of rotatable bonds is 6. The van der Waals surface area contributed by atoms with E-state index in [0.29, 0.717) is 13.0 Å². The van der Waals surface area contributed by atoms with Gasteiger partial charge in [-0.15, -0.1) is 0 Å². The van der Waals surface area contributed by atoms with E-state index in [4.69, 9.17) is 0 Å². The molecule has 0 aromatic heterocycles. The van der Waals surface area contributed by atoms with Crippen molar-refractivity contribution >= 4 is 15.6 Å². The number of Topliss-reactive ketones (excluding diaryl/α,β-unsaturated/α-hetero) is 1. The van der Waals surface area contributed by atoms with E-state index < -0.39 is 9.84 Å². The van der Waals surface area contributed by atoms with Gasteiger partial charge in [-0.25, -0.2) is 8.42 Å². The van der Waals surface area contributed by atoms with E-state index in [0.717, 1.165) is 0 Å². The summed E-state index contributed by atoms with van der Waals surface area (Å²) >= 11 is 0. The van der Waals surface area contributed by atoms with Crippen molar-refractivity contribution in [3.05, 3.63) is 0 Å². The highest BCUT2D eigenvalue weighted by atomic mass is 32.2. The Balaban J connectivity index is 3.96. The number of sulfone groups is 1. The molecule has 0 aromatic rings. The summed E-state index contributed by atoms with van der Waals surface area (Å²) in [5.41, 5.74) is 0. The number of ketones is 1. The quantitative estimate of drug-likeness (QED) is 0.648. The second-order valence-electron chi connectivity index (χ2n) is 3.87. The molecule has 4 nitrogen and oxygen atoms in total. The number of hydrogen-bond donors (Lipinski definition) is 0. The highest BCUT2D eigenvalue weighted by Gasteiger charge is 2.13. The third-order valence-electron chi connectivity index (χ3n) is 2.15. The lowest BCUT2D eigenvalue weighted by molar-refractivity contribution is -0.117. The molecular weight excluding hydrogens is 202 g/mol. The standard InChI is InChI=1S/C9H19NO3S/c1-8(7-9(2)11)10(3)5-6-14(4,12)13/h8H,5-7H2,1-4H3. The fourth-order valence-electron chi connectivity index (χ4n) is 1.10. The first kappa shape index (κ1) is 13.6. The molecule has 0 aliphatic rings. The summed E-state index contributed by atoms with van der Waals surface area (Å²) in [5.74, 6) is 0.273. The van der Waals surface area contributed by atoms with Gasteiger partial charge in [-0.1, -0.05) is 0 Å². The van der Waals surface area contributed by atoms with Gasteiger partial charge in [0, 0.05) is 25.3 Å². The largest absolute Gasteiger partial charge is 0.302 e. The zero-order valence-electron chi connectivity index (χ0n) is 9.28. The minimum absolute atomic E-state index is 0.106. The van der Waals surface area contributed by atoms with Crippen LogP contribution in [-0.4, -0.2) is 50.7 Å². The zero-order valence-corrected chi connectivity index (χ0v) is 10.1. The first-order chi connectivity index (χ1) is 6.22. The molecule has 1 atom stereocenters. The van der Waals surface area contributed by atoms with Gasteiger partial charge in [-0.05, 0) is 20.9 Å². The molecule has 14 heavy (non-hydrogen) atoms. The second kappa shape index (κ2) is 5.46. The molecule has 0 fully saturated rings. The Kier molecular flexibility index (Phi) is 5.29. The maximum absolute atomic E-state index is 10.9. The summed E-state index contributed by atoms with van der Waals surface area (Å²) in [7, 11) is -1.08. The van der Waals surface area contributed by atoms with Crippen LogP contribution in [0.2, 0.25) is 0 Å². The van der Waals surface area contributed by atoms with Gasteiger partial charge in [0.2, 0.25) is 0 Å². The minimum Gasteiger partial charge on any atom is -0.302 e. The average molecular weight is 221 g/mol. The third kappa shape index (κ3) is 7.03. The van der Waals surface area contributed by atoms with Crippen molar-refractivity contribution < 1.29 is 13.2 Å². The molecule has 0 heterocycles. The van der Waals surface area contributed by atoms with Crippen LogP contribution in [0, 0.1) is 0 Å². The van der Waals surface area contributed by atoms with Crippen molar-refractivity contribution in [2.75, 3.05) is 25.6 Å². The van der Waals surface area contributed by atoms with E-state index in [1.807, 2.05) is 18.9 Å². The molecule has 0 saturated heterocycles. The monoisotopic (exact) mass is 221 g/mol. The molecule has 0 spiro atoms. The van der Waals surface area contributed by atoms with Crippen LogP contribution in [0.4, 0.5) is 0 Å². The molecule has 0 rings (SSSR count). The van der Waals surface area contributed by atoms with Gasteiger partial charge in [0.25, 0.3) is 0 Å². The van der Waals surface area contributed by atoms with Crippen LogP contribution in [0.5, 0.6) is 0 Å². The van der Waals surface area contributed by atoms with E-state index in [2.05, 4.69) is 0 Å². The van der Waals surface area contributed by atoms with E-state index in [1.54, 1.807) is 6.92 Å². The van der Waals surface area contributed by atoms with Crippen molar-refractivity contribution in [3.8, 4) is 0 Å². The van der Waals surface area contributed by atoms with Crippen LogP contribution in [0.3, 0.4) is 0 Å². The molecule has 0 aliphatic carbocycles. The number of carbonyl (C=O) groups excluding carboxylic acids is 1. The summed E-state index contributed by atoms with van der Waals surface area (Å²) in [4.78, 5) is 12.7. The Labute approximate surface area is 86.2 Å². The van der Waals surface area contributed by atoms with Crippen LogP contribution >= 0.6 is 0 Å². The van der Waals surface area contributed by atoms with Crippen LogP contribution in [0.25, 0.3) is 0 Å². The van der Waals surface area contributed by atoms with Gasteiger partial charge in [-0.3, -0.25) is 4.79 Å². The van der Waals surface area contributed by atoms with Crippen LogP contribution < -0.4 is 0 Å². The fourth-order valence-corrected chi connectivity index (χ4v) is 1.72. The van der Waals surface area contributed by atoms with Crippen LogP contribution in [0.1, 0.15) is 20.3 Å². The van der Waals surface area contributed by atoms with Crippen molar-refractivity contribution in [2.45, 2.75) is 26.3 Å². The lowest BCUT2D eigenvalue weighted by atomic mass is 10.1. The van der Waals surface area contributed by atoms with Crippen molar-refractivity contribution in [2.24, 2.45) is 0 Å². The van der Waals surface area contributed by atoms with Gasteiger partial charge in [0.1, 0.15) is 15.6 Å². The molecule has 5 heteroatoms. The summed E-state index contributed by atoms with van der Waals surface area (Å²) in [6.45, 7) is 3.94. The Morgan fingerprint density at radius 2 is 1.93 bits per heavy atom. The first-order valence-corrected chi connectivity index (χ1v) is 6.66. The molecule has 0 saturated carbocycles. The highest BCUT2D eigenvalue weighted by Crippen LogP contribution is 2.01. The number of hydrogen-bond acceptors (Lipinski definition) is 4. The predicted molar refractivity (Wildman–Crippen MR) is 57.1 cm³/mol. The van der Waals surface area contributed by atoms with Crippen LogP contribution in [-0.2, 0) is 14.6 Å². The van der Waals surface area contributed by atoms with E-state index in [9.17, 15) is 13.2 Å². The topological polar surface area (TPSA) is 54.5 Å². The molecule has 0 bridgehead atoms. The van der Waals surface area contributed by atoms with Gasteiger partial charge in [-0.2, -0.15) is 0 Å². The summed E-state index contributed by atoms with van der Waals surface area (Å²) in [6, 6.07) is 0.106. The minimum atomic E-state index is -2.91. The molecule has 84 valence electrons. The van der Waals surface area contributed by atoms with Crippen molar-refractivity contribution in [1.29, 1.82) is 0 Å². The van der Waals surface area contributed by atoms with E-state index in [-0.39, 0.29) is 17.6 Å². The summed E-state index contributed by atoms with van der Waals surface area (Å²) in [5, 5.41) is 0. The average Bonchev–Trinajstić information content (AvgIpc) is 1.97. The van der Waals surface area contributed by atoms with Crippen LogP contribution in [0.15, 0.2) is 0 Å². The second-order valence-corrected chi connectivity index (χ2v) is 6.13. The number of nitrogens with zero attached hydrogens (tertiary/aromatic N) is 1. The summed E-state index contributed by atoms with van der Waals surface area (Å²) < 4.78 is 21.8. The molecule has 0 amide bonds.